The zero-order chi connectivity index (χ0) is 34.9. The molecule has 0 spiro atoms. The zero-order valence-corrected chi connectivity index (χ0v) is 29.0. The van der Waals surface area contributed by atoms with Gasteiger partial charge in [0.2, 0.25) is 0 Å². The third-order valence-corrected chi connectivity index (χ3v) is 11.1. The van der Waals surface area contributed by atoms with Crippen molar-refractivity contribution in [1.82, 2.24) is 4.57 Å². The fraction of sp³-hybridized carbons (Fsp3) is 0. The molecule has 1 heterocycles. The SMILES string of the molecule is c1ccc(-c2c3ccccc3c(-c3ccc(-c4cc5c6ccccc6n(-c6ccc7ccccc7c6)c5c5ccccc45)cc3)c3ccccc23)cc1. The first-order chi connectivity index (χ1) is 26.3. The molecule has 0 bridgehead atoms. The third-order valence-electron chi connectivity index (χ3n) is 11.1. The van der Waals surface area contributed by atoms with E-state index in [4.69, 9.17) is 0 Å². The van der Waals surface area contributed by atoms with Crippen LogP contribution < -0.4 is 0 Å². The number of para-hydroxylation sites is 1. The summed E-state index contributed by atoms with van der Waals surface area (Å²) >= 11 is 0. The molecule has 246 valence electrons. The second-order valence-electron chi connectivity index (χ2n) is 14.0. The first kappa shape index (κ1) is 29.7. The van der Waals surface area contributed by atoms with E-state index in [0.717, 1.165) is 0 Å². The summed E-state index contributed by atoms with van der Waals surface area (Å²) in [6, 6.07) is 73.5. The predicted octanol–water partition coefficient (Wildman–Crippen LogP) is 14.4. The van der Waals surface area contributed by atoms with Gasteiger partial charge in [0.25, 0.3) is 0 Å². The molecule has 0 unspecified atom stereocenters. The molecule has 10 aromatic carbocycles. The molecule has 1 heteroatoms. The highest BCUT2D eigenvalue weighted by Crippen LogP contribution is 2.45. The predicted molar refractivity (Wildman–Crippen MR) is 227 cm³/mol. The van der Waals surface area contributed by atoms with Crippen LogP contribution in [0.4, 0.5) is 0 Å². The second-order valence-corrected chi connectivity index (χ2v) is 14.0. The van der Waals surface area contributed by atoms with Gasteiger partial charge in [0.1, 0.15) is 0 Å². The lowest BCUT2D eigenvalue weighted by molar-refractivity contribution is 1.19. The molecule has 1 aromatic heterocycles. The molecule has 11 rings (SSSR count). The van der Waals surface area contributed by atoms with Crippen LogP contribution in [0.15, 0.2) is 200 Å². The van der Waals surface area contributed by atoms with Crippen LogP contribution in [0, 0.1) is 0 Å². The Labute approximate surface area is 307 Å². The number of nitrogens with zero attached hydrogens (tertiary/aromatic N) is 1. The minimum Gasteiger partial charge on any atom is -0.309 e. The van der Waals surface area contributed by atoms with Gasteiger partial charge < -0.3 is 4.57 Å². The van der Waals surface area contributed by atoms with E-state index in [1.165, 1.54) is 104 Å². The molecular formula is C52H33N. The Morgan fingerprint density at radius 1 is 0.283 bits per heavy atom. The maximum absolute atomic E-state index is 2.46. The van der Waals surface area contributed by atoms with Gasteiger partial charge in [-0.1, -0.05) is 176 Å². The average molecular weight is 672 g/mol. The Balaban J connectivity index is 1.13. The van der Waals surface area contributed by atoms with Gasteiger partial charge >= 0.3 is 0 Å². The topological polar surface area (TPSA) is 4.93 Å². The largest absolute Gasteiger partial charge is 0.309 e. The summed E-state index contributed by atoms with van der Waals surface area (Å²) in [7, 11) is 0. The fourth-order valence-electron chi connectivity index (χ4n) is 8.82. The summed E-state index contributed by atoms with van der Waals surface area (Å²) in [5.41, 5.74) is 11.1. The molecular weight excluding hydrogens is 639 g/mol. The van der Waals surface area contributed by atoms with E-state index < -0.39 is 0 Å². The lowest BCUT2D eigenvalue weighted by atomic mass is 9.85. The molecule has 0 fully saturated rings. The van der Waals surface area contributed by atoms with Crippen molar-refractivity contribution in [3.8, 4) is 39.1 Å². The van der Waals surface area contributed by atoms with Crippen LogP contribution in [0.3, 0.4) is 0 Å². The van der Waals surface area contributed by atoms with Crippen LogP contribution in [0.2, 0.25) is 0 Å². The molecule has 0 amide bonds. The molecule has 0 N–H and O–H groups in total. The maximum atomic E-state index is 2.46. The van der Waals surface area contributed by atoms with Crippen molar-refractivity contribution in [1.29, 1.82) is 0 Å². The summed E-state index contributed by atoms with van der Waals surface area (Å²) in [4.78, 5) is 0. The van der Waals surface area contributed by atoms with Gasteiger partial charge in [-0.05, 0) is 95.3 Å². The molecule has 0 saturated carbocycles. The van der Waals surface area contributed by atoms with Crippen LogP contribution in [-0.4, -0.2) is 4.57 Å². The smallest absolute Gasteiger partial charge is 0.0619 e. The van der Waals surface area contributed by atoms with Crippen molar-refractivity contribution in [2.24, 2.45) is 0 Å². The molecule has 0 saturated heterocycles. The Morgan fingerprint density at radius 3 is 1.43 bits per heavy atom. The molecule has 0 atom stereocenters. The molecule has 0 radical (unpaired) electrons. The second kappa shape index (κ2) is 11.8. The van der Waals surface area contributed by atoms with Gasteiger partial charge in [0.05, 0.1) is 11.0 Å². The highest BCUT2D eigenvalue weighted by molar-refractivity contribution is 6.23. The third kappa shape index (κ3) is 4.58. The first-order valence-electron chi connectivity index (χ1n) is 18.4. The van der Waals surface area contributed by atoms with Crippen LogP contribution in [-0.2, 0) is 0 Å². The van der Waals surface area contributed by atoms with Crippen molar-refractivity contribution < 1.29 is 0 Å². The van der Waals surface area contributed by atoms with Crippen molar-refractivity contribution in [2.45, 2.75) is 0 Å². The highest BCUT2D eigenvalue weighted by Gasteiger charge is 2.20. The van der Waals surface area contributed by atoms with Crippen molar-refractivity contribution in [2.75, 3.05) is 0 Å². The number of hydrogen-bond acceptors (Lipinski definition) is 0. The van der Waals surface area contributed by atoms with E-state index in [1.54, 1.807) is 0 Å². The summed E-state index contributed by atoms with van der Waals surface area (Å²) in [6.45, 7) is 0. The summed E-state index contributed by atoms with van der Waals surface area (Å²) < 4.78 is 2.46. The van der Waals surface area contributed by atoms with Gasteiger partial charge in [0, 0.05) is 21.8 Å². The van der Waals surface area contributed by atoms with Gasteiger partial charge in [-0.25, -0.2) is 0 Å². The zero-order valence-electron chi connectivity index (χ0n) is 29.0. The quantitative estimate of drug-likeness (QED) is 0.164. The van der Waals surface area contributed by atoms with Crippen LogP contribution in [0.25, 0.3) is 104 Å². The minimum atomic E-state index is 1.18. The van der Waals surface area contributed by atoms with E-state index >= 15 is 0 Å². The number of aromatic nitrogens is 1. The standard InChI is InChI=1S/C52H33N/c1-2-15-36(16-3-1)50-42-20-7-9-22-44(42)51(45-23-10-8-21-43(45)50)37-28-26-35(27-29-37)47-33-48-41-19-12-13-25-49(41)53(52(48)46-24-11-6-18-40(46)47)39-31-30-34-14-4-5-17-38(34)32-39/h1-33H. The summed E-state index contributed by atoms with van der Waals surface area (Å²) in [5.74, 6) is 0. The van der Waals surface area contributed by atoms with Gasteiger partial charge in [0.15, 0.2) is 0 Å². The minimum absolute atomic E-state index is 1.18. The molecule has 11 aromatic rings. The lowest BCUT2D eigenvalue weighted by Gasteiger charge is -2.18. The fourth-order valence-corrected chi connectivity index (χ4v) is 8.82. The average Bonchev–Trinajstić information content (AvgIpc) is 3.57. The van der Waals surface area contributed by atoms with Crippen molar-refractivity contribution in [3.05, 3.63) is 200 Å². The van der Waals surface area contributed by atoms with Crippen LogP contribution in [0.5, 0.6) is 0 Å². The van der Waals surface area contributed by atoms with E-state index in [1.807, 2.05) is 0 Å². The number of benzene rings is 10. The monoisotopic (exact) mass is 671 g/mol. The molecule has 0 aliphatic heterocycles. The first-order valence-corrected chi connectivity index (χ1v) is 18.4. The highest BCUT2D eigenvalue weighted by atomic mass is 15.0. The van der Waals surface area contributed by atoms with E-state index in [-0.39, 0.29) is 0 Å². The van der Waals surface area contributed by atoms with Gasteiger partial charge in [-0.2, -0.15) is 0 Å². The molecule has 1 nitrogen and oxygen atoms in total. The molecule has 53 heavy (non-hydrogen) atoms. The Bertz CT molecular complexity index is 3150. The maximum Gasteiger partial charge on any atom is 0.0619 e. The summed E-state index contributed by atoms with van der Waals surface area (Å²) in [6.07, 6.45) is 0. The van der Waals surface area contributed by atoms with Crippen molar-refractivity contribution >= 4 is 64.9 Å². The van der Waals surface area contributed by atoms with E-state index in [9.17, 15) is 0 Å². The Kier molecular flexibility index (Phi) is 6.62. The Morgan fingerprint density at radius 2 is 0.774 bits per heavy atom. The Hall–Kier alpha value is -6.96. The van der Waals surface area contributed by atoms with E-state index in [0.29, 0.717) is 0 Å². The number of fused-ring (bicyclic) bond motifs is 8. The van der Waals surface area contributed by atoms with Gasteiger partial charge in [-0.15, -0.1) is 0 Å². The molecule has 0 aliphatic rings. The number of rotatable bonds is 4. The van der Waals surface area contributed by atoms with Crippen LogP contribution >= 0.6 is 0 Å². The molecule has 0 aliphatic carbocycles. The van der Waals surface area contributed by atoms with Gasteiger partial charge in [-0.3, -0.25) is 0 Å². The normalized spacial score (nSPS) is 11.8. The summed E-state index contributed by atoms with van der Waals surface area (Å²) in [5, 5.41) is 12.6. The van der Waals surface area contributed by atoms with E-state index in [2.05, 4.69) is 205 Å². The van der Waals surface area contributed by atoms with Crippen molar-refractivity contribution in [3.63, 3.8) is 0 Å². The van der Waals surface area contributed by atoms with Crippen LogP contribution in [0.1, 0.15) is 0 Å². The number of hydrogen-bond donors (Lipinski definition) is 0. The lowest BCUT2D eigenvalue weighted by Crippen LogP contribution is -1.95.